The highest BCUT2D eigenvalue weighted by Crippen LogP contribution is 2.33. The minimum absolute atomic E-state index is 0.121. The molecule has 2 aromatic rings. The van der Waals surface area contributed by atoms with Crippen molar-refractivity contribution >= 4 is 27.4 Å². The average Bonchev–Trinajstić information content (AvgIpc) is 2.66. The van der Waals surface area contributed by atoms with Gasteiger partial charge in [0, 0.05) is 17.0 Å². The lowest BCUT2D eigenvalue weighted by Crippen LogP contribution is -2.42. The third-order valence-electron chi connectivity index (χ3n) is 3.62. The van der Waals surface area contributed by atoms with Crippen molar-refractivity contribution < 1.29 is 0 Å². The number of aryl methyl sites for hydroxylation is 2. The molecule has 0 saturated carbocycles. The van der Waals surface area contributed by atoms with Gasteiger partial charge in [0.1, 0.15) is 17.0 Å². The smallest absolute Gasteiger partial charge is 0.138 e. The van der Waals surface area contributed by atoms with Gasteiger partial charge in [0.05, 0.1) is 5.39 Å². The fraction of sp³-hybridized carbons (Fsp3) is 0.538. The first-order valence-corrected chi connectivity index (χ1v) is 7.01. The largest absolute Gasteiger partial charge is 0.363 e. The summed E-state index contributed by atoms with van der Waals surface area (Å²) < 4.78 is 0. The van der Waals surface area contributed by atoms with Gasteiger partial charge in [-0.05, 0) is 32.8 Å². The molecule has 0 spiro atoms. The number of hydrogen-bond acceptors (Lipinski definition) is 5. The molecule has 0 amide bonds. The standard InChI is InChI=1S/C13H20N4S/c1-5-13(4,6-14)17-11-10-8(2)9(3)18-12(10)16-7-15-11/h7H,5-6,14H2,1-4H3,(H,15,16,17). The van der Waals surface area contributed by atoms with Crippen LogP contribution in [0.15, 0.2) is 6.33 Å². The van der Waals surface area contributed by atoms with Gasteiger partial charge in [-0.3, -0.25) is 0 Å². The van der Waals surface area contributed by atoms with Crippen LogP contribution >= 0.6 is 11.3 Å². The second-order valence-corrected chi connectivity index (χ2v) is 6.13. The van der Waals surface area contributed by atoms with Crippen molar-refractivity contribution in [1.29, 1.82) is 0 Å². The Balaban J connectivity index is 2.51. The van der Waals surface area contributed by atoms with E-state index in [1.807, 2.05) is 0 Å². The normalized spacial score (nSPS) is 14.7. The molecule has 2 rings (SSSR count). The zero-order valence-corrected chi connectivity index (χ0v) is 12.2. The van der Waals surface area contributed by atoms with E-state index in [1.54, 1.807) is 17.7 Å². The van der Waals surface area contributed by atoms with E-state index in [2.05, 4.69) is 43.0 Å². The Hall–Kier alpha value is -1.20. The average molecular weight is 264 g/mol. The third-order valence-corrected chi connectivity index (χ3v) is 4.73. The van der Waals surface area contributed by atoms with Crippen LogP contribution < -0.4 is 11.1 Å². The number of nitrogens with one attached hydrogen (secondary N) is 1. The molecular weight excluding hydrogens is 244 g/mol. The Morgan fingerprint density at radius 1 is 1.39 bits per heavy atom. The van der Waals surface area contributed by atoms with Crippen molar-refractivity contribution in [2.75, 3.05) is 11.9 Å². The fourth-order valence-corrected chi connectivity index (χ4v) is 2.84. The molecule has 0 aliphatic heterocycles. The molecule has 0 radical (unpaired) electrons. The molecule has 0 aliphatic rings. The quantitative estimate of drug-likeness (QED) is 0.891. The summed E-state index contributed by atoms with van der Waals surface area (Å²) in [6, 6.07) is 0. The predicted molar refractivity (Wildman–Crippen MR) is 78.3 cm³/mol. The van der Waals surface area contributed by atoms with Crippen LogP contribution in [0, 0.1) is 13.8 Å². The van der Waals surface area contributed by atoms with Crippen molar-refractivity contribution in [2.24, 2.45) is 5.73 Å². The Kier molecular flexibility index (Phi) is 3.54. The van der Waals surface area contributed by atoms with Crippen LogP contribution in [-0.4, -0.2) is 22.1 Å². The van der Waals surface area contributed by atoms with Crippen LogP contribution in [0.3, 0.4) is 0 Å². The van der Waals surface area contributed by atoms with E-state index < -0.39 is 0 Å². The van der Waals surface area contributed by atoms with Gasteiger partial charge in [-0.15, -0.1) is 11.3 Å². The molecule has 98 valence electrons. The second kappa shape index (κ2) is 4.82. The fourth-order valence-electron chi connectivity index (χ4n) is 1.85. The van der Waals surface area contributed by atoms with Crippen molar-refractivity contribution in [2.45, 2.75) is 39.7 Å². The topological polar surface area (TPSA) is 63.8 Å². The van der Waals surface area contributed by atoms with Gasteiger partial charge in [-0.1, -0.05) is 6.92 Å². The molecule has 0 aromatic carbocycles. The van der Waals surface area contributed by atoms with E-state index in [0.717, 1.165) is 22.5 Å². The number of hydrogen-bond donors (Lipinski definition) is 2. The Morgan fingerprint density at radius 3 is 2.72 bits per heavy atom. The first-order valence-electron chi connectivity index (χ1n) is 6.19. The van der Waals surface area contributed by atoms with Crippen LogP contribution in [0.25, 0.3) is 10.2 Å². The maximum Gasteiger partial charge on any atom is 0.138 e. The Bertz CT molecular complexity index is 557. The summed E-state index contributed by atoms with van der Waals surface area (Å²) in [5, 5.41) is 4.61. The molecule has 18 heavy (non-hydrogen) atoms. The van der Waals surface area contributed by atoms with E-state index in [9.17, 15) is 0 Å². The molecule has 0 aliphatic carbocycles. The lowest BCUT2D eigenvalue weighted by Gasteiger charge is -2.28. The van der Waals surface area contributed by atoms with Gasteiger partial charge in [-0.25, -0.2) is 9.97 Å². The van der Waals surface area contributed by atoms with Gasteiger partial charge < -0.3 is 11.1 Å². The SMILES string of the molecule is CCC(C)(CN)Nc1ncnc2sc(C)c(C)c12. The first kappa shape index (κ1) is 13.2. The number of fused-ring (bicyclic) bond motifs is 1. The number of anilines is 1. The van der Waals surface area contributed by atoms with Gasteiger partial charge in [-0.2, -0.15) is 0 Å². The molecule has 3 N–H and O–H groups in total. The van der Waals surface area contributed by atoms with Crippen molar-refractivity contribution in [1.82, 2.24) is 9.97 Å². The number of nitrogens with two attached hydrogens (primary N) is 1. The van der Waals surface area contributed by atoms with E-state index in [1.165, 1.54) is 10.4 Å². The van der Waals surface area contributed by atoms with E-state index >= 15 is 0 Å². The zero-order chi connectivity index (χ0) is 13.3. The summed E-state index contributed by atoms with van der Waals surface area (Å²) in [7, 11) is 0. The minimum Gasteiger partial charge on any atom is -0.363 e. The lowest BCUT2D eigenvalue weighted by atomic mass is 9.99. The van der Waals surface area contributed by atoms with E-state index in [-0.39, 0.29) is 5.54 Å². The maximum atomic E-state index is 5.85. The van der Waals surface area contributed by atoms with Gasteiger partial charge >= 0.3 is 0 Å². The molecular formula is C13H20N4S. The molecule has 2 aromatic heterocycles. The molecule has 0 bridgehead atoms. The second-order valence-electron chi connectivity index (χ2n) is 4.93. The highest BCUT2D eigenvalue weighted by molar-refractivity contribution is 7.18. The van der Waals surface area contributed by atoms with Crippen LogP contribution in [0.1, 0.15) is 30.7 Å². The zero-order valence-electron chi connectivity index (χ0n) is 11.4. The molecule has 5 heteroatoms. The molecule has 1 unspecified atom stereocenters. The summed E-state index contributed by atoms with van der Waals surface area (Å²) in [4.78, 5) is 11.1. The predicted octanol–water partition coefficient (Wildman–Crippen LogP) is 2.85. The van der Waals surface area contributed by atoms with E-state index in [4.69, 9.17) is 5.73 Å². The summed E-state index contributed by atoms with van der Waals surface area (Å²) in [5.41, 5.74) is 6.99. The van der Waals surface area contributed by atoms with Gasteiger partial charge in [0.25, 0.3) is 0 Å². The highest BCUT2D eigenvalue weighted by atomic mass is 32.1. The molecule has 2 heterocycles. The third kappa shape index (κ3) is 2.20. The number of aromatic nitrogens is 2. The molecule has 0 fully saturated rings. The van der Waals surface area contributed by atoms with Gasteiger partial charge in [0.2, 0.25) is 0 Å². The summed E-state index contributed by atoms with van der Waals surface area (Å²) >= 11 is 1.71. The molecule has 4 nitrogen and oxygen atoms in total. The lowest BCUT2D eigenvalue weighted by molar-refractivity contribution is 0.505. The first-order chi connectivity index (χ1) is 8.50. The Morgan fingerprint density at radius 2 is 2.11 bits per heavy atom. The highest BCUT2D eigenvalue weighted by Gasteiger charge is 2.22. The van der Waals surface area contributed by atoms with Crippen LogP contribution in [-0.2, 0) is 0 Å². The van der Waals surface area contributed by atoms with Crippen molar-refractivity contribution in [3.8, 4) is 0 Å². The number of rotatable bonds is 4. The van der Waals surface area contributed by atoms with Gasteiger partial charge in [0.15, 0.2) is 0 Å². The summed E-state index contributed by atoms with van der Waals surface area (Å²) in [6.45, 7) is 9.07. The summed E-state index contributed by atoms with van der Waals surface area (Å²) in [6.07, 6.45) is 2.57. The molecule has 0 saturated heterocycles. The molecule has 1 atom stereocenters. The van der Waals surface area contributed by atoms with Crippen molar-refractivity contribution in [3.05, 3.63) is 16.8 Å². The minimum atomic E-state index is -0.121. The Labute approximate surface area is 112 Å². The monoisotopic (exact) mass is 264 g/mol. The van der Waals surface area contributed by atoms with E-state index in [0.29, 0.717) is 6.54 Å². The maximum absolute atomic E-state index is 5.85. The van der Waals surface area contributed by atoms with Crippen LogP contribution in [0.2, 0.25) is 0 Å². The summed E-state index contributed by atoms with van der Waals surface area (Å²) in [5.74, 6) is 0.900. The van der Waals surface area contributed by atoms with Crippen LogP contribution in [0.4, 0.5) is 5.82 Å². The van der Waals surface area contributed by atoms with Crippen LogP contribution in [0.5, 0.6) is 0 Å². The van der Waals surface area contributed by atoms with Crippen molar-refractivity contribution in [3.63, 3.8) is 0 Å². The number of thiophene rings is 1. The number of nitrogens with zero attached hydrogens (tertiary/aromatic N) is 2.